The van der Waals surface area contributed by atoms with Crippen LogP contribution in [0, 0.1) is 5.92 Å². The molecule has 0 radical (unpaired) electrons. The molecule has 0 saturated carbocycles. The van der Waals surface area contributed by atoms with E-state index < -0.39 is 0 Å². The number of hydrogen-bond donors (Lipinski definition) is 2. The van der Waals surface area contributed by atoms with E-state index >= 15 is 0 Å². The number of ether oxygens (including phenoxy) is 1. The van der Waals surface area contributed by atoms with Crippen LogP contribution >= 0.6 is 0 Å². The van der Waals surface area contributed by atoms with Crippen molar-refractivity contribution in [3.8, 4) is 5.75 Å². The van der Waals surface area contributed by atoms with Crippen molar-refractivity contribution < 1.29 is 9.84 Å². The van der Waals surface area contributed by atoms with Crippen LogP contribution in [0.2, 0.25) is 0 Å². The summed E-state index contributed by atoms with van der Waals surface area (Å²) in [6, 6.07) is 8.72. The van der Waals surface area contributed by atoms with Gasteiger partial charge >= 0.3 is 0 Å². The lowest BCUT2D eigenvalue weighted by molar-refractivity contribution is 0.202. The lowest BCUT2D eigenvalue weighted by Gasteiger charge is -2.24. The Bertz CT molecular complexity index is 337. The zero-order valence-corrected chi connectivity index (χ0v) is 11.8. The van der Waals surface area contributed by atoms with Gasteiger partial charge < -0.3 is 15.2 Å². The minimum Gasteiger partial charge on any atom is -0.494 e. The summed E-state index contributed by atoms with van der Waals surface area (Å²) in [5.74, 6) is 1.17. The van der Waals surface area contributed by atoms with E-state index in [9.17, 15) is 0 Å². The van der Waals surface area contributed by atoms with Crippen molar-refractivity contribution in [2.24, 2.45) is 5.92 Å². The normalized spacial score (nSPS) is 16.1. The molecule has 3 unspecified atom stereocenters. The third-order valence-corrected chi connectivity index (χ3v) is 3.35. The predicted molar refractivity (Wildman–Crippen MR) is 74.9 cm³/mol. The van der Waals surface area contributed by atoms with Crippen LogP contribution in [-0.2, 0) is 0 Å². The average molecular weight is 251 g/mol. The fraction of sp³-hybridized carbons (Fsp3) is 0.600. The first kappa shape index (κ1) is 15.0. The van der Waals surface area contributed by atoms with E-state index in [1.807, 2.05) is 26.0 Å². The highest BCUT2D eigenvalue weighted by atomic mass is 16.5. The second-order valence-electron chi connectivity index (χ2n) is 4.84. The number of aliphatic hydroxyl groups is 1. The van der Waals surface area contributed by atoms with Gasteiger partial charge in [-0.1, -0.05) is 19.1 Å². The molecule has 0 aliphatic carbocycles. The topological polar surface area (TPSA) is 41.5 Å². The molecule has 3 atom stereocenters. The minimum absolute atomic E-state index is 0.212. The van der Waals surface area contributed by atoms with Gasteiger partial charge in [0.05, 0.1) is 6.61 Å². The van der Waals surface area contributed by atoms with E-state index in [2.05, 4.69) is 31.3 Å². The third kappa shape index (κ3) is 4.31. The zero-order valence-electron chi connectivity index (χ0n) is 11.8. The Balaban J connectivity index is 2.58. The molecule has 18 heavy (non-hydrogen) atoms. The molecule has 0 aliphatic rings. The van der Waals surface area contributed by atoms with Crippen LogP contribution in [0.4, 0.5) is 0 Å². The van der Waals surface area contributed by atoms with E-state index in [4.69, 9.17) is 9.84 Å². The molecule has 0 spiro atoms. The highest BCUT2D eigenvalue weighted by Crippen LogP contribution is 2.19. The Morgan fingerprint density at radius 1 is 1.17 bits per heavy atom. The van der Waals surface area contributed by atoms with Gasteiger partial charge in [0, 0.05) is 18.7 Å². The molecule has 0 aromatic heterocycles. The number of aliphatic hydroxyl groups excluding tert-OH is 1. The predicted octanol–water partition coefficient (Wildman–Crippen LogP) is 2.75. The van der Waals surface area contributed by atoms with Crippen LogP contribution in [-0.4, -0.2) is 24.4 Å². The Kier molecular flexibility index (Phi) is 6.16. The molecule has 0 bridgehead atoms. The Labute approximate surface area is 110 Å². The van der Waals surface area contributed by atoms with Gasteiger partial charge in [-0.2, -0.15) is 0 Å². The molecule has 0 amide bonds. The van der Waals surface area contributed by atoms with Gasteiger partial charge in [0.25, 0.3) is 0 Å². The first-order valence-electron chi connectivity index (χ1n) is 6.68. The maximum atomic E-state index is 9.13. The molecule has 1 aromatic carbocycles. The fourth-order valence-corrected chi connectivity index (χ4v) is 1.83. The summed E-state index contributed by atoms with van der Waals surface area (Å²) in [6.07, 6.45) is 0. The highest BCUT2D eigenvalue weighted by Gasteiger charge is 2.14. The molecule has 3 nitrogen and oxygen atoms in total. The quantitative estimate of drug-likeness (QED) is 0.783. The van der Waals surface area contributed by atoms with Gasteiger partial charge in [0.1, 0.15) is 5.75 Å². The van der Waals surface area contributed by atoms with E-state index in [0.29, 0.717) is 6.61 Å². The van der Waals surface area contributed by atoms with Gasteiger partial charge in [-0.05, 0) is 44.4 Å². The molecule has 2 N–H and O–H groups in total. The summed E-state index contributed by atoms with van der Waals surface area (Å²) in [4.78, 5) is 0. The molecular weight excluding hydrogens is 226 g/mol. The number of benzene rings is 1. The van der Waals surface area contributed by atoms with Crippen LogP contribution in [0.5, 0.6) is 5.75 Å². The van der Waals surface area contributed by atoms with Crippen molar-refractivity contribution in [2.75, 3.05) is 13.2 Å². The fourth-order valence-electron chi connectivity index (χ4n) is 1.83. The van der Waals surface area contributed by atoms with Gasteiger partial charge in [-0.3, -0.25) is 0 Å². The average Bonchev–Trinajstić information content (AvgIpc) is 2.38. The second kappa shape index (κ2) is 7.39. The SMILES string of the molecule is CCOc1ccc(C(C)NC(C)C(C)CO)cc1. The van der Waals surface area contributed by atoms with Gasteiger partial charge in [-0.25, -0.2) is 0 Å². The summed E-state index contributed by atoms with van der Waals surface area (Å²) in [6.45, 7) is 9.17. The third-order valence-electron chi connectivity index (χ3n) is 3.35. The molecule has 0 saturated heterocycles. The maximum absolute atomic E-state index is 9.13. The van der Waals surface area contributed by atoms with Crippen molar-refractivity contribution in [2.45, 2.75) is 39.8 Å². The lowest BCUT2D eigenvalue weighted by atomic mass is 10.0. The Morgan fingerprint density at radius 3 is 2.28 bits per heavy atom. The first-order chi connectivity index (χ1) is 8.58. The molecule has 0 heterocycles. The van der Waals surface area contributed by atoms with Gasteiger partial charge in [0.15, 0.2) is 0 Å². The molecule has 1 rings (SSSR count). The van der Waals surface area contributed by atoms with Gasteiger partial charge in [-0.15, -0.1) is 0 Å². The summed E-state index contributed by atoms with van der Waals surface area (Å²) in [5, 5.41) is 12.6. The summed E-state index contributed by atoms with van der Waals surface area (Å²) in [7, 11) is 0. The van der Waals surface area contributed by atoms with Crippen LogP contribution in [0.25, 0.3) is 0 Å². The van der Waals surface area contributed by atoms with Crippen molar-refractivity contribution in [3.05, 3.63) is 29.8 Å². The Hall–Kier alpha value is -1.06. The van der Waals surface area contributed by atoms with E-state index in [-0.39, 0.29) is 24.6 Å². The summed E-state index contributed by atoms with van der Waals surface area (Å²) < 4.78 is 5.42. The van der Waals surface area contributed by atoms with Crippen LogP contribution in [0.1, 0.15) is 39.3 Å². The first-order valence-corrected chi connectivity index (χ1v) is 6.68. The summed E-state index contributed by atoms with van der Waals surface area (Å²) >= 11 is 0. The van der Waals surface area contributed by atoms with Crippen LogP contribution in [0.3, 0.4) is 0 Å². The number of rotatable bonds is 7. The zero-order chi connectivity index (χ0) is 13.5. The van der Waals surface area contributed by atoms with Crippen molar-refractivity contribution >= 4 is 0 Å². The highest BCUT2D eigenvalue weighted by molar-refractivity contribution is 5.28. The van der Waals surface area contributed by atoms with Crippen LogP contribution in [0.15, 0.2) is 24.3 Å². The molecular formula is C15H25NO2. The lowest BCUT2D eigenvalue weighted by Crippen LogP contribution is -2.35. The van der Waals surface area contributed by atoms with E-state index in [0.717, 1.165) is 5.75 Å². The molecule has 102 valence electrons. The molecule has 0 fully saturated rings. The van der Waals surface area contributed by atoms with Crippen LogP contribution < -0.4 is 10.1 Å². The largest absolute Gasteiger partial charge is 0.494 e. The Morgan fingerprint density at radius 2 is 1.78 bits per heavy atom. The number of hydrogen-bond acceptors (Lipinski definition) is 3. The minimum atomic E-state index is 0.212. The van der Waals surface area contributed by atoms with E-state index in [1.54, 1.807) is 0 Å². The standard InChI is InChI=1S/C15H25NO2/c1-5-18-15-8-6-14(7-9-15)13(4)16-12(3)11(2)10-17/h6-9,11-13,16-17H,5,10H2,1-4H3. The van der Waals surface area contributed by atoms with Crippen molar-refractivity contribution in [1.82, 2.24) is 5.32 Å². The smallest absolute Gasteiger partial charge is 0.119 e. The second-order valence-corrected chi connectivity index (χ2v) is 4.84. The summed E-state index contributed by atoms with van der Waals surface area (Å²) in [5.41, 5.74) is 1.23. The monoisotopic (exact) mass is 251 g/mol. The van der Waals surface area contributed by atoms with Crippen molar-refractivity contribution in [3.63, 3.8) is 0 Å². The molecule has 3 heteroatoms. The maximum Gasteiger partial charge on any atom is 0.119 e. The van der Waals surface area contributed by atoms with E-state index in [1.165, 1.54) is 5.56 Å². The number of nitrogens with one attached hydrogen (secondary N) is 1. The molecule has 1 aromatic rings. The molecule has 0 aliphatic heterocycles. The van der Waals surface area contributed by atoms with Crippen molar-refractivity contribution in [1.29, 1.82) is 0 Å². The van der Waals surface area contributed by atoms with Gasteiger partial charge in [0.2, 0.25) is 0 Å².